The van der Waals surface area contributed by atoms with Crippen LogP contribution in [-0.4, -0.2) is 16.8 Å². The van der Waals surface area contributed by atoms with E-state index >= 15 is 0 Å². The van der Waals surface area contributed by atoms with Crippen LogP contribution in [0.25, 0.3) is 10.9 Å². The first kappa shape index (κ1) is 12.0. The molecule has 1 atom stereocenters. The van der Waals surface area contributed by atoms with Crippen LogP contribution in [0.15, 0.2) is 30.3 Å². The molecule has 1 fully saturated rings. The smallest absolute Gasteiger partial charge is 0.265 e. The van der Waals surface area contributed by atoms with E-state index in [1.165, 1.54) is 12.8 Å². The van der Waals surface area contributed by atoms with Gasteiger partial charge >= 0.3 is 0 Å². The summed E-state index contributed by atoms with van der Waals surface area (Å²) in [6, 6.07) is 9.13. The first-order valence-corrected chi connectivity index (χ1v) is 6.55. The highest BCUT2D eigenvalue weighted by Crippen LogP contribution is 2.37. The summed E-state index contributed by atoms with van der Waals surface area (Å²) in [5.41, 5.74) is 6.75. The van der Waals surface area contributed by atoms with Crippen molar-refractivity contribution in [2.45, 2.75) is 25.3 Å². The van der Waals surface area contributed by atoms with Crippen LogP contribution >= 0.6 is 0 Å². The van der Waals surface area contributed by atoms with Crippen LogP contribution in [-0.2, 0) is 4.79 Å². The van der Waals surface area contributed by atoms with E-state index in [2.05, 4.69) is 0 Å². The summed E-state index contributed by atoms with van der Waals surface area (Å²) in [7, 11) is 0. The molecular formula is C15H16N2O2. The molecule has 1 saturated carbocycles. The number of primary amides is 1. The lowest BCUT2D eigenvalue weighted by molar-refractivity contribution is -0.110. The maximum Gasteiger partial charge on any atom is 0.265 e. The van der Waals surface area contributed by atoms with E-state index in [0.29, 0.717) is 11.6 Å². The Morgan fingerprint density at radius 2 is 2.16 bits per heavy atom. The van der Waals surface area contributed by atoms with Gasteiger partial charge in [-0.05, 0) is 24.5 Å². The third kappa shape index (κ3) is 2.14. The first-order chi connectivity index (χ1) is 9.20. The minimum absolute atomic E-state index is 0.296. The molecule has 0 spiro atoms. The van der Waals surface area contributed by atoms with Crippen molar-refractivity contribution in [3.05, 3.63) is 36.0 Å². The molecule has 3 rings (SSSR count). The lowest BCUT2D eigenvalue weighted by Crippen LogP contribution is -2.21. The van der Waals surface area contributed by atoms with E-state index < -0.39 is 5.91 Å². The van der Waals surface area contributed by atoms with Gasteiger partial charge in [-0.15, -0.1) is 0 Å². The molecule has 1 amide bonds. The van der Waals surface area contributed by atoms with Gasteiger partial charge in [0.2, 0.25) is 0 Å². The normalized spacial score (nSPS) is 16.4. The summed E-state index contributed by atoms with van der Waals surface area (Å²) in [5.74, 6) is 0.121. The molecule has 98 valence electrons. The SMILES string of the molecule is NC(=O)c1cc2ccccc2n1C(C=O)CC1CC1. The number of hydrogen-bond acceptors (Lipinski definition) is 2. The molecule has 1 unspecified atom stereocenters. The van der Waals surface area contributed by atoms with Crippen molar-refractivity contribution < 1.29 is 9.59 Å². The zero-order valence-electron chi connectivity index (χ0n) is 10.6. The molecule has 0 saturated heterocycles. The topological polar surface area (TPSA) is 65.1 Å². The van der Waals surface area contributed by atoms with Crippen molar-refractivity contribution in [3.8, 4) is 0 Å². The molecular weight excluding hydrogens is 240 g/mol. The van der Waals surface area contributed by atoms with Crippen LogP contribution in [0, 0.1) is 5.92 Å². The van der Waals surface area contributed by atoms with Gasteiger partial charge in [0.1, 0.15) is 12.0 Å². The summed E-state index contributed by atoms with van der Waals surface area (Å²) in [6.07, 6.45) is 4.07. The zero-order valence-corrected chi connectivity index (χ0v) is 10.6. The molecule has 1 aromatic carbocycles. The quantitative estimate of drug-likeness (QED) is 0.834. The highest BCUT2D eigenvalue weighted by Gasteiger charge is 2.28. The number of nitrogens with zero attached hydrogens (tertiary/aromatic N) is 1. The first-order valence-electron chi connectivity index (χ1n) is 6.55. The minimum atomic E-state index is -0.487. The molecule has 0 aliphatic heterocycles. The second-order valence-corrected chi connectivity index (χ2v) is 5.21. The Hall–Kier alpha value is -2.10. The van der Waals surface area contributed by atoms with Gasteiger partial charge in [0, 0.05) is 10.9 Å². The van der Waals surface area contributed by atoms with Crippen LogP contribution in [0.1, 0.15) is 35.8 Å². The highest BCUT2D eigenvalue weighted by atomic mass is 16.1. The minimum Gasteiger partial charge on any atom is -0.364 e. The van der Waals surface area contributed by atoms with E-state index in [-0.39, 0.29) is 6.04 Å². The number of aldehydes is 1. The maximum absolute atomic E-state index is 11.6. The lowest BCUT2D eigenvalue weighted by atomic mass is 10.1. The number of fused-ring (bicyclic) bond motifs is 1. The Morgan fingerprint density at radius 3 is 2.79 bits per heavy atom. The largest absolute Gasteiger partial charge is 0.364 e. The van der Waals surface area contributed by atoms with Crippen LogP contribution in [0.2, 0.25) is 0 Å². The molecule has 1 heterocycles. The van der Waals surface area contributed by atoms with Gasteiger partial charge in [0.05, 0.1) is 6.04 Å². The zero-order chi connectivity index (χ0) is 13.4. The van der Waals surface area contributed by atoms with Crippen LogP contribution < -0.4 is 5.73 Å². The van der Waals surface area contributed by atoms with Gasteiger partial charge in [-0.25, -0.2) is 0 Å². The number of carbonyl (C=O) groups excluding carboxylic acids is 2. The average Bonchev–Trinajstić information content (AvgIpc) is 3.14. The van der Waals surface area contributed by atoms with Crippen molar-refractivity contribution in [1.29, 1.82) is 0 Å². The van der Waals surface area contributed by atoms with Gasteiger partial charge in [-0.2, -0.15) is 0 Å². The van der Waals surface area contributed by atoms with Gasteiger partial charge in [0.15, 0.2) is 0 Å². The molecule has 4 nitrogen and oxygen atoms in total. The van der Waals surface area contributed by atoms with Gasteiger partial charge in [-0.1, -0.05) is 31.0 Å². The number of para-hydroxylation sites is 1. The van der Waals surface area contributed by atoms with E-state index in [4.69, 9.17) is 5.73 Å². The van der Waals surface area contributed by atoms with E-state index in [1.807, 2.05) is 24.3 Å². The Morgan fingerprint density at radius 1 is 1.42 bits per heavy atom. The molecule has 19 heavy (non-hydrogen) atoms. The number of hydrogen-bond donors (Lipinski definition) is 1. The average molecular weight is 256 g/mol. The number of carbonyl (C=O) groups is 2. The van der Waals surface area contributed by atoms with Crippen molar-refractivity contribution in [1.82, 2.24) is 4.57 Å². The predicted octanol–water partition coefficient (Wildman–Crippen LogP) is 2.28. The van der Waals surface area contributed by atoms with Gasteiger partial charge in [0.25, 0.3) is 5.91 Å². The van der Waals surface area contributed by atoms with Crippen LogP contribution in [0.4, 0.5) is 0 Å². The Balaban J connectivity index is 2.14. The van der Waals surface area contributed by atoms with E-state index in [0.717, 1.165) is 23.6 Å². The molecule has 0 radical (unpaired) electrons. The molecule has 4 heteroatoms. The lowest BCUT2D eigenvalue weighted by Gasteiger charge is -2.16. The van der Waals surface area contributed by atoms with Crippen LogP contribution in [0.3, 0.4) is 0 Å². The van der Waals surface area contributed by atoms with E-state index in [9.17, 15) is 9.59 Å². The standard InChI is InChI=1S/C15H16N2O2/c16-15(19)14-8-11-3-1-2-4-13(11)17(14)12(9-18)7-10-5-6-10/h1-4,8-10,12H,5-7H2,(H2,16,19). The fourth-order valence-electron chi connectivity index (χ4n) is 2.64. The second-order valence-electron chi connectivity index (χ2n) is 5.21. The Bertz CT molecular complexity index is 641. The van der Waals surface area contributed by atoms with Crippen molar-refractivity contribution in [2.75, 3.05) is 0 Å². The number of benzene rings is 1. The monoisotopic (exact) mass is 256 g/mol. The summed E-state index contributed by atoms with van der Waals surface area (Å²) in [6.45, 7) is 0. The number of rotatable bonds is 5. The predicted molar refractivity (Wildman–Crippen MR) is 72.9 cm³/mol. The van der Waals surface area contributed by atoms with Crippen molar-refractivity contribution in [3.63, 3.8) is 0 Å². The Labute approximate surface area is 111 Å². The third-order valence-corrected chi connectivity index (χ3v) is 3.76. The van der Waals surface area contributed by atoms with Crippen molar-refractivity contribution in [2.24, 2.45) is 11.7 Å². The molecule has 2 N–H and O–H groups in total. The maximum atomic E-state index is 11.6. The molecule has 1 aliphatic rings. The highest BCUT2D eigenvalue weighted by molar-refractivity contribution is 5.98. The summed E-state index contributed by atoms with van der Waals surface area (Å²) in [4.78, 5) is 23.0. The van der Waals surface area contributed by atoms with E-state index in [1.54, 1.807) is 10.6 Å². The van der Waals surface area contributed by atoms with Crippen LogP contribution in [0.5, 0.6) is 0 Å². The Kier molecular flexibility index (Phi) is 2.85. The third-order valence-electron chi connectivity index (χ3n) is 3.76. The fraction of sp³-hybridized carbons (Fsp3) is 0.333. The summed E-state index contributed by atoms with van der Waals surface area (Å²) < 4.78 is 1.79. The molecule has 2 aromatic rings. The second kappa shape index (κ2) is 4.53. The molecule has 0 bridgehead atoms. The molecule has 1 aliphatic carbocycles. The van der Waals surface area contributed by atoms with Crippen molar-refractivity contribution >= 4 is 23.1 Å². The summed E-state index contributed by atoms with van der Waals surface area (Å²) in [5, 5.41) is 0.943. The van der Waals surface area contributed by atoms with Gasteiger partial charge in [-0.3, -0.25) is 4.79 Å². The van der Waals surface area contributed by atoms with Gasteiger partial charge < -0.3 is 15.1 Å². The number of nitrogens with two attached hydrogens (primary N) is 1. The summed E-state index contributed by atoms with van der Waals surface area (Å²) >= 11 is 0. The fourth-order valence-corrected chi connectivity index (χ4v) is 2.64. The number of amides is 1. The number of aromatic nitrogens is 1. The molecule has 1 aromatic heterocycles.